The number of anilines is 2. The lowest BCUT2D eigenvalue weighted by atomic mass is 10.0. The van der Waals surface area contributed by atoms with Gasteiger partial charge in [0.25, 0.3) is 5.56 Å². The molecule has 0 aromatic heterocycles. The Morgan fingerprint density at radius 2 is 1.53 bits per heavy atom. The van der Waals surface area contributed by atoms with Crippen molar-refractivity contribution in [2.75, 3.05) is 62.4 Å². The summed E-state index contributed by atoms with van der Waals surface area (Å²) in [5.74, 6) is 0. The van der Waals surface area contributed by atoms with Crippen LogP contribution in [0.4, 0.5) is 11.4 Å². The quantitative estimate of drug-likeness (QED) is 0.537. The summed E-state index contributed by atoms with van der Waals surface area (Å²) in [6.45, 7) is 6.20. The van der Waals surface area contributed by atoms with Gasteiger partial charge in [0.15, 0.2) is 0 Å². The Morgan fingerprint density at radius 1 is 0.844 bits per heavy atom. The van der Waals surface area contributed by atoms with Gasteiger partial charge < -0.3 is 24.3 Å². The molecule has 2 fully saturated rings. The standard InChI is InChI=1S/C24H25N5O3/c30-24-20-16-25-23-19(22(20)26-29(24)17-4-2-1-3-5-17)14-18(27-6-10-31-11-7-27)15-21(23)28-8-12-32-13-9-28/h1-5,14-16,25H,6-13H2. The summed E-state index contributed by atoms with van der Waals surface area (Å²) in [6, 6.07) is 14.0. The van der Waals surface area contributed by atoms with E-state index in [2.05, 4.69) is 26.9 Å². The molecular weight excluding hydrogens is 406 g/mol. The number of rotatable bonds is 3. The van der Waals surface area contributed by atoms with Crippen molar-refractivity contribution in [3.05, 3.63) is 59.0 Å². The summed E-state index contributed by atoms with van der Waals surface area (Å²) in [7, 11) is 0. The highest BCUT2D eigenvalue weighted by Gasteiger charge is 2.24. The minimum absolute atomic E-state index is 0.117. The zero-order chi connectivity index (χ0) is 21.5. The second-order valence-electron chi connectivity index (χ2n) is 8.19. The normalized spacial score (nSPS) is 17.4. The van der Waals surface area contributed by atoms with Crippen LogP contribution in [0, 0.1) is 0 Å². The third-order valence-corrected chi connectivity index (χ3v) is 6.32. The van der Waals surface area contributed by atoms with Crippen LogP contribution < -0.4 is 15.4 Å². The van der Waals surface area contributed by atoms with Crippen LogP contribution in [-0.2, 0) is 9.47 Å². The average Bonchev–Trinajstić information content (AvgIpc) is 3.22. The summed E-state index contributed by atoms with van der Waals surface area (Å²) in [5, 5.41) is 5.74. The van der Waals surface area contributed by atoms with Crippen molar-refractivity contribution in [1.29, 1.82) is 0 Å². The zero-order valence-corrected chi connectivity index (χ0v) is 17.8. The molecule has 0 spiro atoms. The number of aromatic amines is 1. The number of benzene rings is 2. The van der Waals surface area contributed by atoms with Crippen LogP contribution in [0.5, 0.6) is 0 Å². The van der Waals surface area contributed by atoms with Crippen molar-refractivity contribution in [2.24, 2.45) is 0 Å². The van der Waals surface area contributed by atoms with E-state index in [9.17, 15) is 4.79 Å². The molecule has 0 atom stereocenters. The summed E-state index contributed by atoms with van der Waals surface area (Å²) in [4.78, 5) is 21.3. The van der Waals surface area contributed by atoms with E-state index in [1.54, 1.807) is 6.20 Å². The number of H-pyrrole nitrogens is 1. The van der Waals surface area contributed by atoms with Gasteiger partial charge in [0.05, 0.1) is 48.9 Å². The van der Waals surface area contributed by atoms with Gasteiger partial charge in [-0.3, -0.25) is 4.79 Å². The topological polar surface area (TPSA) is 75.6 Å². The van der Waals surface area contributed by atoms with E-state index in [4.69, 9.17) is 14.6 Å². The first kappa shape index (κ1) is 19.3. The molecule has 0 amide bonds. The smallest absolute Gasteiger partial charge is 0.282 e. The van der Waals surface area contributed by atoms with E-state index in [1.165, 1.54) is 4.68 Å². The highest BCUT2D eigenvalue weighted by Crippen LogP contribution is 2.37. The Bertz CT molecular complexity index is 1270. The number of hydrogen-bond donors (Lipinski definition) is 1. The summed E-state index contributed by atoms with van der Waals surface area (Å²) < 4.78 is 12.6. The molecule has 0 saturated carbocycles. The van der Waals surface area contributed by atoms with Gasteiger partial charge in [0.1, 0.15) is 5.69 Å². The van der Waals surface area contributed by atoms with Crippen LogP contribution in [0.3, 0.4) is 0 Å². The number of fused-ring (bicyclic) bond motifs is 3. The van der Waals surface area contributed by atoms with Gasteiger partial charge in [0, 0.05) is 43.4 Å². The van der Waals surface area contributed by atoms with Crippen LogP contribution in [-0.4, -0.2) is 67.4 Å². The Labute approximate surface area is 185 Å². The number of hydrogen-bond acceptors (Lipinski definition) is 6. The van der Waals surface area contributed by atoms with Gasteiger partial charge >= 0.3 is 0 Å². The second kappa shape index (κ2) is 7.96. The Kier molecular flexibility index (Phi) is 4.81. The van der Waals surface area contributed by atoms with Gasteiger partial charge in [-0.2, -0.15) is 9.78 Å². The fraction of sp³-hybridized carbons (Fsp3) is 0.333. The fourth-order valence-electron chi connectivity index (χ4n) is 4.64. The van der Waals surface area contributed by atoms with E-state index in [0.29, 0.717) is 32.0 Å². The third-order valence-electron chi connectivity index (χ3n) is 6.32. The molecule has 8 nitrogen and oxygen atoms in total. The van der Waals surface area contributed by atoms with Crippen molar-refractivity contribution >= 4 is 22.3 Å². The molecule has 2 aromatic rings. The van der Waals surface area contributed by atoms with E-state index < -0.39 is 0 Å². The molecule has 2 aromatic carbocycles. The number of pyridine rings is 1. The third kappa shape index (κ3) is 3.23. The minimum Gasteiger partial charge on any atom is -0.378 e. The maximum absolute atomic E-state index is 13.2. The number of para-hydroxylation sites is 1. The van der Waals surface area contributed by atoms with Crippen LogP contribution in [0.25, 0.3) is 27.8 Å². The maximum atomic E-state index is 13.2. The number of nitrogens with zero attached hydrogens (tertiary/aromatic N) is 4. The molecule has 32 heavy (non-hydrogen) atoms. The molecule has 164 valence electrons. The van der Waals surface area contributed by atoms with Crippen molar-refractivity contribution < 1.29 is 9.47 Å². The Morgan fingerprint density at radius 3 is 2.25 bits per heavy atom. The van der Waals surface area contributed by atoms with Crippen molar-refractivity contribution in [1.82, 2.24) is 14.8 Å². The molecule has 4 aliphatic rings. The van der Waals surface area contributed by atoms with Gasteiger partial charge in [-0.05, 0) is 24.3 Å². The summed E-state index contributed by atoms with van der Waals surface area (Å²) in [5.41, 5.74) is 5.20. The number of aromatic nitrogens is 3. The monoisotopic (exact) mass is 431 g/mol. The number of nitrogens with one attached hydrogen (secondary N) is 1. The fourth-order valence-corrected chi connectivity index (χ4v) is 4.64. The van der Waals surface area contributed by atoms with E-state index >= 15 is 0 Å². The molecule has 0 radical (unpaired) electrons. The predicted octanol–water partition coefficient (Wildman–Crippen LogP) is 2.49. The first-order chi connectivity index (χ1) is 15.8. The summed E-state index contributed by atoms with van der Waals surface area (Å²) >= 11 is 0. The first-order valence-electron chi connectivity index (χ1n) is 11.1. The van der Waals surface area contributed by atoms with Crippen molar-refractivity contribution in [3.63, 3.8) is 0 Å². The molecular formula is C24H25N5O3. The molecule has 4 aliphatic heterocycles. The van der Waals surface area contributed by atoms with Crippen LogP contribution in [0.1, 0.15) is 0 Å². The molecule has 2 saturated heterocycles. The number of morpholine rings is 2. The lowest BCUT2D eigenvalue weighted by Gasteiger charge is -2.33. The van der Waals surface area contributed by atoms with Gasteiger partial charge in [-0.15, -0.1) is 0 Å². The lowest BCUT2D eigenvalue weighted by Crippen LogP contribution is -2.38. The van der Waals surface area contributed by atoms with Crippen molar-refractivity contribution in [2.45, 2.75) is 0 Å². The average molecular weight is 431 g/mol. The largest absolute Gasteiger partial charge is 0.378 e. The molecule has 0 bridgehead atoms. The molecule has 0 unspecified atom stereocenters. The lowest BCUT2D eigenvalue weighted by molar-refractivity contribution is 0.122. The minimum atomic E-state index is -0.117. The van der Waals surface area contributed by atoms with Crippen LogP contribution in [0.2, 0.25) is 0 Å². The second-order valence-corrected chi connectivity index (χ2v) is 8.19. The van der Waals surface area contributed by atoms with Gasteiger partial charge in [0.2, 0.25) is 0 Å². The Balaban J connectivity index is 1.58. The highest BCUT2D eigenvalue weighted by molar-refractivity contribution is 6.02. The summed E-state index contributed by atoms with van der Waals surface area (Å²) in [6.07, 6.45) is 1.80. The SMILES string of the molecule is O=c1c2c[nH]c3c(N4CCOCC4)cc(N4CCOCC4)cc3c-2nn1-c1ccccc1. The molecule has 0 aliphatic carbocycles. The van der Waals surface area contributed by atoms with E-state index in [-0.39, 0.29) is 5.56 Å². The van der Waals surface area contributed by atoms with Gasteiger partial charge in [-0.25, -0.2) is 0 Å². The predicted molar refractivity (Wildman–Crippen MR) is 124 cm³/mol. The molecule has 4 heterocycles. The number of ether oxygens (including phenoxy) is 2. The highest BCUT2D eigenvalue weighted by atomic mass is 16.5. The Hall–Kier alpha value is -3.36. The van der Waals surface area contributed by atoms with Crippen LogP contribution >= 0.6 is 0 Å². The maximum Gasteiger partial charge on any atom is 0.282 e. The zero-order valence-electron chi connectivity index (χ0n) is 17.8. The van der Waals surface area contributed by atoms with E-state index in [1.807, 2.05) is 30.3 Å². The molecule has 1 N–H and O–H groups in total. The molecule has 6 rings (SSSR count). The van der Waals surface area contributed by atoms with Crippen LogP contribution in [0.15, 0.2) is 53.5 Å². The van der Waals surface area contributed by atoms with E-state index in [0.717, 1.165) is 59.8 Å². The first-order valence-corrected chi connectivity index (χ1v) is 11.1. The van der Waals surface area contributed by atoms with Crippen molar-refractivity contribution in [3.8, 4) is 16.9 Å². The molecule has 8 heteroatoms. The van der Waals surface area contributed by atoms with Gasteiger partial charge in [-0.1, -0.05) is 18.2 Å².